The van der Waals surface area contributed by atoms with Gasteiger partial charge in [-0.3, -0.25) is 0 Å². The minimum Gasteiger partial charge on any atom is -0.370 e. The number of hydrogen-bond acceptors (Lipinski definition) is 2. The van der Waals surface area contributed by atoms with Gasteiger partial charge in [0, 0.05) is 0 Å². The van der Waals surface area contributed by atoms with E-state index >= 15 is 0 Å². The molecule has 2 saturated heterocycles. The maximum absolute atomic E-state index is 5.48. The number of fused-ring (bicyclic) bond motifs is 1. The highest BCUT2D eigenvalue weighted by Crippen LogP contribution is 2.48. The molecule has 4 atom stereocenters. The first-order valence-corrected chi connectivity index (χ1v) is 4.56. The molecule has 3 aliphatic rings. The van der Waals surface area contributed by atoms with Crippen molar-refractivity contribution in [1.29, 1.82) is 0 Å². The van der Waals surface area contributed by atoms with Gasteiger partial charge in [-0.2, -0.15) is 0 Å². The lowest BCUT2D eigenvalue weighted by Crippen LogP contribution is -2.15. The zero-order valence-corrected chi connectivity index (χ0v) is 6.88. The van der Waals surface area contributed by atoms with E-state index in [2.05, 4.69) is 6.92 Å². The highest BCUT2D eigenvalue weighted by Gasteiger charge is 2.54. The second-order valence-corrected chi connectivity index (χ2v) is 4.42. The van der Waals surface area contributed by atoms with Gasteiger partial charge >= 0.3 is 0 Å². The molecule has 62 valence electrons. The molecule has 0 bridgehead atoms. The minimum atomic E-state index is 0.242. The van der Waals surface area contributed by atoms with E-state index in [1.807, 2.05) is 0 Å². The van der Waals surface area contributed by atoms with Crippen LogP contribution in [0.4, 0.5) is 0 Å². The van der Waals surface area contributed by atoms with E-state index < -0.39 is 0 Å². The smallest absolute Gasteiger partial charge is 0.0892 e. The lowest BCUT2D eigenvalue weighted by Gasteiger charge is -2.12. The quantitative estimate of drug-likeness (QED) is 0.561. The molecule has 2 heterocycles. The van der Waals surface area contributed by atoms with Gasteiger partial charge in [-0.1, -0.05) is 0 Å². The molecule has 3 rings (SSSR count). The van der Waals surface area contributed by atoms with Crippen LogP contribution in [0.2, 0.25) is 0 Å². The van der Waals surface area contributed by atoms with Crippen LogP contribution in [0.1, 0.15) is 26.2 Å². The third kappa shape index (κ3) is 1.00. The fraction of sp³-hybridized carbons (Fsp3) is 1.00. The van der Waals surface area contributed by atoms with Crippen molar-refractivity contribution in [3.63, 3.8) is 0 Å². The number of epoxide rings is 2. The standard InChI is InChI=1S/C9H14O2/c1-9(5-10-9)4-6-2-3-7-8(6)11-7/h6-8H,2-5H2,1H3. The van der Waals surface area contributed by atoms with E-state index in [-0.39, 0.29) is 5.60 Å². The molecule has 2 heteroatoms. The number of rotatable bonds is 2. The van der Waals surface area contributed by atoms with Crippen LogP contribution < -0.4 is 0 Å². The largest absolute Gasteiger partial charge is 0.370 e. The summed E-state index contributed by atoms with van der Waals surface area (Å²) in [6.07, 6.45) is 5.16. The molecule has 1 aliphatic carbocycles. The molecule has 1 saturated carbocycles. The molecular weight excluding hydrogens is 140 g/mol. The van der Waals surface area contributed by atoms with Crippen LogP contribution in [0.5, 0.6) is 0 Å². The Labute approximate surface area is 66.9 Å². The van der Waals surface area contributed by atoms with Gasteiger partial charge in [0.05, 0.1) is 24.4 Å². The molecule has 2 nitrogen and oxygen atoms in total. The Kier molecular flexibility index (Phi) is 1.06. The Morgan fingerprint density at radius 2 is 2.27 bits per heavy atom. The average molecular weight is 154 g/mol. The summed E-state index contributed by atoms with van der Waals surface area (Å²) in [5, 5.41) is 0. The molecule has 0 aromatic carbocycles. The van der Waals surface area contributed by atoms with Gasteiger partial charge in [0.2, 0.25) is 0 Å². The molecule has 11 heavy (non-hydrogen) atoms. The van der Waals surface area contributed by atoms with Gasteiger partial charge in [0.15, 0.2) is 0 Å². The van der Waals surface area contributed by atoms with Crippen molar-refractivity contribution in [3.05, 3.63) is 0 Å². The summed E-state index contributed by atoms with van der Waals surface area (Å²) in [5.41, 5.74) is 0.242. The van der Waals surface area contributed by atoms with Crippen LogP contribution in [-0.2, 0) is 9.47 Å². The summed E-state index contributed by atoms with van der Waals surface area (Å²) in [5.74, 6) is 0.812. The van der Waals surface area contributed by atoms with Crippen LogP contribution in [0.15, 0.2) is 0 Å². The number of hydrogen-bond donors (Lipinski definition) is 0. The average Bonchev–Trinajstić information content (AvgIpc) is 2.83. The molecule has 4 unspecified atom stereocenters. The predicted molar refractivity (Wildman–Crippen MR) is 40.4 cm³/mol. The van der Waals surface area contributed by atoms with Gasteiger partial charge in [-0.15, -0.1) is 0 Å². The van der Waals surface area contributed by atoms with Crippen molar-refractivity contribution < 1.29 is 9.47 Å². The SMILES string of the molecule is CC1(CC2CCC3OC23)CO1. The Balaban J connectivity index is 1.62. The van der Waals surface area contributed by atoms with Crippen molar-refractivity contribution in [2.45, 2.75) is 44.0 Å². The van der Waals surface area contributed by atoms with Crippen LogP contribution in [0, 0.1) is 5.92 Å². The second-order valence-electron chi connectivity index (χ2n) is 4.42. The maximum atomic E-state index is 5.48. The second kappa shape index (κ2) is 1.80. The summed E-state index contributed by atoms with van der Waals surface area (Å²) in [7, 11) is 0. The molecule has 0 N–H and O–H groups in total. The van der Waals surface area contributed by atoms with Crippen molar-refractivity contribution in [2.24, 2.45) is 5.92 Å². The normalized spacial score (nSPS) is 59.2. The van der Waals surface area contributed by atoms with Gasteiger partial charge in [0.25, 0.3) is 0 Å². The highest BCUT2D eigenvalue weighted by atomic mass is 16.6. The third-order valence-electron chi connectivity index (χ3n) is 3.24. The Hall–Kier alpha value is -0.0800. The van der Waals surface area contributed by atoms with E-state index in [0.29, 0.717) is 12.2 Å². The van der Waals surface area contributed by atoms with Crippen molar-refractivity contribution in [2.75, 3.05) is 6.61 Å². The molecule has 0 aromatic rings. The fourth-order valence-corrected chi connectivity index (χ4v) is 2.36. The summed E-state index contributed by atoms with van der Waals surface area (Å²) in [6.45, 7) is 3.18. The third-order valence-corrected chi connectivity index (χ3v) is 3.24. The molecule has 3 fully saturated rings. The molecule has 0 radical (unpaired) electrons. The lowest BCUT2D eigenvalue weighted by molar-refractivity contribution is 0.210. The molecule has 0 amide bonds. The van der Waals surface area contributed by atoms with E-state index in [0.717, 1.165) is 12.5 Å². The molecule has 2 aliphatic heterocycles. The minimum absolute atomic E-state index is 0.242. The van der Waals surface area contributed by atoms with Gasteiger partial charge in [-0.25, -0.2) is 0 Å². The Morgan fingerprint density at radius 1 is 1.45 bits per heavy atom. The van der Waals surface area contributed by atoms with Gasteiger partial charge < -0.3 is 9.47 Å². The first kappa shape index (κ1) is 6.44. The van der Waals surface area contributed by atoms with Crippen molar-refractivity contribution in [3.8, 4) is 0 Å². The van der Waals surface area contributed by atoms with Crippen LogP contribution in [0.3, 0.4) is 0 Å². The lowest BCUT2D eigenvalue weighted by atomic mass is 9.94. The number of ether oxygens (including phenoxy) is 2. The maximum Gasteiger partial charge on any atom is 0.0892 e. The van der Waals surface area contributed by atoms with Gasteiger partial charge in [0.1, 0.15) is 0 Å². The van der Waals surface area contributed by atoms with E-state index in [1.165, 1.54) is 19.3 Å². The van der Waals surface area contributed by atoms with Crippen LogP contribution in [0.25, 0.3) is 0 Å². The zero-order valence-electron chi connectivity index (χ0n) is 6.88. The summed E-state index contributed by atoms with van der Waals surface area (Å²) >= 11 is 0. The van der Waals surface area contributed by atoms with E-state index in [9.17, 15) is 0 Å². The monoisotopic (exact) mass is 154 g/mol. The molecule has 0 spiro atoms. The van der Waals surface area contributed by atoms with Crippen LogP contribution in [-0.4, -0.2) is 24.4 Å². The Bertz CT molecular complexity index is 186. The van der Waals surface area contributed by atoms with Crippen molar-refractivity contribution >= 4 is 0 Å². The summed E-state index contributed by atoms with van der Waals surface area (Å²) < 4.78 is 10.9. The molecule has 0 aromatic heterocycles. The molecular formula is C9H14O2. The van der Waals surface area contributed by atoms with E-state index in [4.69, 9.17) is 9.47 Å². The van der Waals surface area contributed by atoms with E-state index in [1.54, 1.807) is 0 Å². The predicted octanol–water partition coefficient (Wildman–Crippen LogP) is 1.34. The van der Waals surface area contributed by atoms with Crippen molar-refractivity contribution in [1.82, 2.24) is 0 Å². The topological polar surface area (TPSA) is 25.1 Å². The Morgan fingerprint density at radius 3 is 2.73 bits per heavy atom. The fourth-order valence-electron chi connectivity index (χ4n) is 2.36. The zero-order chi connectivity index (χ0) is 7.47. The highest BCUT2D eigenvalue weighted by molar-refractivity contribution is 5.02. The summed E-state index contributed by atoms with van der Waals surface area (Å²) in [6, 6.07) is 0. The summed E-state index contributed by atoms with van der Waals surface area (Å²) in [4.78, 5) is 0. The van der Waals surface area contributed by atoms with Crippen LogP contribution >= 0.6 is 0 Å². The first-order valence-electron chi connectivity index (χ1n) is 4.56. The first-order chi connectivity index (χ1) is 5.27. The van der Waals surface area contributed by atoms with Gasteiger partial charge in [-0.05, 0) is 32.1 Å².